The minimum atomic E-state index is -0.0685. The average Bonchev–Trinajstić information content (AvgIpc) is 3.10. The van der Waals surface area contributed by atoms with Crippen LogP contribution in [0, 0.1) is 0 Å². The molecule has 1 aromatic carbocycles. The number of carbonyl (C=O) groups is 1. The van der Waals surface area contributed by atoms with Gasteiger partial charge in [0.15, 0.2) is 0 Å². The number of anilines is 2. The molecule has 3 rings (SSSR count). The van der Waals surface area contributed by atoms with E-state index in [1.165, 1.54) is 12.8 Å². The van der Waals surface area contributed by atoms with Crippen LogP contribution in [0.5, 0.6) is 0 Å². The van der Waals surface area contributed by atoms with Crippen molar-refractivity contribution < 1.29 is 14.3 Å². The smallest absolute Gasteiger partial charge is 0.322 e. The lowest BCUT2D eigenvalue weighted by molar-refractivity contribution is -0.0481. The maximum absolute atomic E-state index is 12.6. The summed E-state index contributed by atoms with van der Waals surface area (Å²) in [4.78, 5) is 16.7. The Balaban J connectivity index is 1.65. The van der Waals surface area contributed by atoms with Gasteiger partial charge in [-0.05, 0) is 25.0 Å². The van der Waals surface area contributed by atoms with E-state index in [-0.39, 0.29) is 12.1 Å². The summed E-state index contributed by atoms with van der Waals surface area (Å²) in [6.07, 6.45) is 2.38. The molecule has 1 N–H and O–H groups in total. The summed E-state index contributed by atoms with van der Waals surface area (Å²) in [5, 5.41) is 3.07. The van der Waals surface area contributed by atoms with Crippen LogP contribution in [-0.2, 0) is 9.47 Å². The van der Waals surface area contributed by atoms with Gasteiger partial charge in [0.05, 0.1) is 37.2 Å². The molecule has 6 nitrogen and oxygen atoms in total. The third-order valence-electron chi connectivity index (χ3n) is 4.37. The lowest BCUT2D eigenvalue weighted by Crippen LogP contribution is -2.48. The number of nitrogens with one attached hydrogen (secondary N) is 1. The molecular weight excluding hydrogens is 294 g/mol. The number of ether oxygens (including phenoxy) is 2. The zero-order valence-electron chi connectivity index (χ0n) is 13.7. The molecule has 2 aliphatic rings. The van der Waals surface area contributed by atoms with Gasteiger partial charge in [0, 0.05) is 26.7 Å². The summed E-state index contributed by atoms with van der Waals surface area (Å²) in [6, 6.07) is 7.96. The molecule has 1 atom stereocenters. The molecule has 2 amide bonds. The molecule has 2 fully saturated rings. The number of hydrogen-bond donors (Lipinski definition) is 1. The number of amides is 2. The highest BCUT2D eigenvalue weighted by molar-refractivity contribution is 5.93. The lowest BCUT2D eigenvalue weighted by Gasteiger charge is -2.33. The van der Waals surface area contributed by atoms with E-state index in [0.717, 1.165) is 24.5 Å². The molecule has 0 bridgehead atoms. The van der Waals surface area contributed by atoms with E-state index in [0.29, 0.717) is 26.3 Å². The topological polar surface area (TPSA) is 54.0 Å². The molecule has 0 radical (unpaired) electrons. The fraction of sp³-hybridized carbons (Fsp3) is 0.588. The molecule has 0 saturated carbocycles. The van der Waals surface area contributed by atoms with Crippen molar-refractivity contribution in [2.45, 2.75) is 18.9 Å². The number of rotatable bonds is 4. The van der Waals surface area contributed by atoms with Crippen molar-refractivity contribution in [2.24, 2.45) is 0 Å². The normalized spacial score (nSPS) is 21.5. The van der Waals surface area contributed by atoms with Crippen molar-refractivity contribution in [1.29, 1.82) is 0 Å². The third-order valence-corrected chi connectivity index (χ3v) is 4.37. The highest BCUT2D eigenvalue weighted by Crippen LogP contribution is 2.28. The first kappa shape index (κ1) is 16.1. The summed E-state index contributed by atoms with van der Waals surface area (Å²) in [5.41, 5.74) is 1.99. The number of carbonyl (C=O) groups excluding carboxylic acids is 1. The largest absolute Gasteiger partial charge is 0.382 e. The van der Waals surface area contributed by atoms with E-state index in [4.69, 9.17) is 9.47 Å². The van der Waals surface area contributed by atoms with Gasteiger partial charge >= 0.3 is 6.03 Å². The molecule has 0 spiro atoms. The Kier molecular flexibility index (Phi) is 5.35. The molecule has 23 heavy (non-hydrogen) atoms. The maximum Gasteiger partial charge on any atom is 0.322 e. The molecule has 2 aliphatic heterocycles. The summed E-state index contributed by atoms with van der Waals surface area (Å²) in [6.45, 7) is 4.34. The molecule has 1 aromatic rings. The first-order valence-corrected chi connectivity index (χ1v) is 8.28. The monoisotopic (exact) mass is 319 g/mol. The highest BCUT2D eigenvalue weighted by Gasteiger charge is 2.25. The van der Waals surface area contributed by atoms with Crippen molar-refractivity contribution >= 4 is 17.4 Å². The number of urea groups is 1. The Bertz CT molecular complexity index is 530. The Hall–Kier alpha value is -1.79. The molecule has 2 heterocycles. The van der Waals surface area contributed by atoms with Crippen molar-refractivity contribution in [1.82, 2.24) is 4.90 Å². The van der Waals surface area contributed by atoms with E-state index in [1.807, 2.05) is 18.2 Å². The predicted octanol–water partition coefficient (Wildman–Crippen LogP) is 2.17. The van der Waals surface area contributed by atoms with Gasteiger partial charge in [-0.25, -0.2) is 4.79 Å². The van der Waals surface area contributed by atoms with Gasteiger partial charge in [-0.15, -0.1) is 0 Å². The zero-order valence-corrected chi connectivity index (χ0v) is 13.7. The second kappa shape index (κ2) is 7.66. The van der Waals surface area contributed by atoms with Crippen LogP contribution in [0.3, 0.4) is 0 Å². The van der Waals surface area contributed by atoms with E-state index >= 15 is 0 Å². The Morgan fingerprint density at radius 2 is 2.09 bits per heavy atom. The van der Waals surface area contributed by atoms with Crippen molar-refractivity contribution in [3.63, 3.8) is 0 Å². The number of benzene rings is 1. The van der Waals surface area contributed by atoms with Crippen LogP contribution in [0.4, 0.5) is 16.2 Å². The first-order valence-electron chi connectivity index (χ1n) is 8.28. The number of nitrogens with zero attached hydrogens (tertiary/aromatic N) is 2. The predicted molar refractivity (Wildman–Crippen MR) is 90.1 cm³/mol. The maximum atomic E-state index is 12.6. The van der Waals surface area contributed by atoms with Crippen molar-refractivity contribution in [2.75, 3.05) is 56.7 Å². The van der Waals surface area contributed by atoms with Crippen LogP contribution in [0.2, 0.25) is 0 Å². The SMILES string of the molecule is COCC1CN(C(=O)Nc2ccccc2N2CCCC2)CCO1. The van der Waals surface area contributed by atoms with Crippen molar-refractivity contribution in [3.8, 4) is 0 Å². The van der Waals surface area contributed by atoms with Gasteiger partial charge in [-0.1, -0.05) is 12.1 Å². The van der Waals surface area contributed by atoms with E-state index < -0.39 is 0 Å². The quantitative estimate of drug-likeness (QED) is 0.924. The van der Waals surface area contributed by atoms with Gasteiger partial charge in [-0.2, -0.15) is 0 Å². The van der Waals surface area contributed by atoms with E-state index in [2.05, 4.69) is 16.3 Å². The molecule has 2 saturated heterocycles. The van der Waals surface area contributed by atoms with Gasteiger partial charge in [0.1, 0.15) is 0 Å². The number of para-hydroxylation sites is 2. The second-order valence-electron chi connectivity index (χ2n) is 6.04. The zero-order chi connectivity index (χ0) is 16.1. The van der Waals surface area contributed by atoms with E-state index in [9.17, 15) is 4.79 Å². The summed E-state index contributed by atoms with van der Waals surface area (Å²) < 4.78 is 10.7. The van der Waals surface area contributed by atoms with Gasteiger partial charge in [-0.3, -0.25) is 0 Å². The third kappa shape index (κ3) is 3.95. The molecule has 1 unspecified atom stereocenters. The first-order chi connectivity index (χ1) is 11.3. The van der Waals surface area contributed by atoms with Crippen LogP contribution in [0.25, 0.3) is 0 Å². The van der Waals surface area contributed by atoms with Crippen LogP contribution in [0.15, 0.2) is 24.3 Å². The fourth-order valence-corrected chi connectivity index (χ4v) is 3.20. The molecule has 6 heteroatoms. The van der Waals surface area contributed by atoms with Crippen molar-refractivity contribution in [3.05, 3.63) is 24.3 Å². The summed E-state index contributed by atoms with van der Waals surface area (Å²) >= 11 is 0. The molecule has 0 aromatic heterocycles. The molecular formula is C17H25N3O3. The number of hydrogen-bond acceptors (Lipinski definition) is 4. The van der Waals surface area contributed by atoms with Gasteiger partial charge in [0.25, 0.3) is 0 Å². The average molecular weight is 319 g/mol. The van der Waals surface area contributed by atoms with Crippen LogP contribution in [0.1, 0.15) is 12.8 Å². The summed E-state index contributed by atoms with van der Waals surface area (Å²) in [5.74, 6) is 0. The van der Waals surface area contributed by atoms with Gasteiger partial charge < -0.3 is 24.6 Å². The van der Waals surface area contributed by atoms with Crippen LogP contribution in [-0.4, -0.2) is 63.5 Å². The minimum Gasteiger partial charge on any atom is -0.382 e. The molecule has 126 valence electrons. The Morgan fingerprint density at radius 1 is 1.30 bits per heavy atom. The Labute approximate surface area is 137 Å². The van der Waals surface area contributed by atoms with E-state index in [1.54, 1.807) is 12.0 Å². The minimum absolute atomic E-state index is 0.0478. The number of morpholine rings is 1. The van der Waals surface area contributed by atoms with Gasteiger partial charge in [0.2, 0.25) is 0 Å². The second-order valence-corrected chi connectivity index (χ2v) is 6.04. The Morgan fingerprint density at radius 3 is 2.87 bits per heavy atom. The fourth-order valence-electron chi connectivity index (χ4n) is 3.20. The lowest BCUT2D eigenvalue weighted by atomic mass is 10.2. The summed E-state index contributed by atoms with van der Waals surface area (Å²) in [7, 11) is 1.65. The standard InChI is InChI=1S/C17H25N3O3/c1-22-13-14-12-20(10-11-23-14)17(21)18-15-6-2-3-7-16(15)19-8-4-5-9-19/h2-3,6-7,14H,4-5,8-13H2,1H3,(H,18,21). The van der Waals surface area contributed by atoms with Crippen LogP contribution < -0.4 is 10.2 Å². The highest BCUT2D eigenvalue weighted by atomic mass is 16.5. The number of methoxy groups -OCH3 is 1. The van der Waals surface area contributed by atoms with Crippen LogP contribution >= 0.6 is 0 Å². The molecule has 0 aliphatic carbocycles.